The molecule has 1 aromatic rings. The van der Waals surface area contributed by atoms with Gasteiger partial charge in [0.15, 0.2) is 0 Å². The number of hydrogen-bond acceptors (Lipinski definition) is 2. The molecule has 1 N–H and O–H groups in total. The van der Waals surface area contributed by atoms with E-state index in [4.69, 9.17) is 11.6 Å². The van der Waals surface area contributed by atoms with Gasteiger partial charge in [-0.2, -0.15) is 5.26 Å². The lowest BCUT2D eigenvalue weighted by Crippen LogP contribution is -2.45. The summed E-state index contributed by atoms with van der Waals surface area (Å²) in [7, 11) is 0. The Kier molecular flexibility index (Phi) is 4.19. The summed E-state index contributed by atoms with van der Waals surface area (Å²) >= 11 is 9.39. The molecule has 0 aromatic heterocycles. The van der Waals surface area contributed by atoms with Gasteiger partial charge in [-0.25, -0.2) is 0 Å². The largest absolute Gasteiger partial charge is 0.367 e. The molecule has 96 valence electrons. The first-order chi connectivity index (χ1) is 8.57. The molecule has 2 unspecified atom stereocenters. The van der Waals surface area contributed by atoms with Crippen molar-refractivity contribution in [3.05, 3.63) is 27.7 Å². The molecule has 2 nitrogen and oxygen atoms in total. The van der Waals surface area contributed by atoms with Gasteiger partial charge in [0.2, 0.25) is 0 Å². The Morgan fingerprint density at radius 3 is 2.89 bits per heavy atom. The predicted molar refractivity (Wildman–Crippen MR) is 78.8 cm³/mol. The second-order valence-electron chi connectivity index (χ2n) is 4.98. The summed E-state index contributed by atoms with van der Waals surface area (Å²) in [5.74, 6) is 0.366. The summed E-state index contributed by atoms with van der Waals surface area (Å²) in [5, 5.41) is 13.6. The van der Waals surface area contributed by atoms with Gasteiger partial charge in [0.1, 0.15) is 5.54 Å². The maximum absolute atomic E-state index is 9.55. The van der Waals surface area contributed by atoms with Gasteiger partial charge >= 0.3 is 0 Å². The zero-order valence-corrected chi connectivity index (χ0v) is 12.7. The minimum absolute atomic E-state index is 0.366. The molecular formula is C14H16BrClN2. The SMILES string of the molecule is CC1CCCCC1(C#N)Nc1ccc(Cl)c(Br)c1. The van der Waals surface area contributed by atoms with Crippen LogP contribution in [0.1, 0.15) is 32.6 Å². The van der Waals surface area contributed by atoms with Crippen molar-refractivity contribution in [3.8, 4) is 6.07 Å². The zero-order chi connectivity index (χ0) is 13.2. The lowest BCUT2D eigenvalue weighted by atomic mass is 9.74. The van der Waals surface area contributed by atoms with Crippen LogP contribution in [0.15, 0.2) is 22.7 Å². The van der Waals surface area contributed by atoms with E-state index in [1.807, 2.05) is 18.2 Å². The molecule has 2 atom stereocenters. The van der Waals surface area contributed by atoms with Gasteiger partial charge in [-0.1, -0.05) is 31.4 Å². The Labute approximate surface area is 121 Å². The van der Waals surface area contributed by atoms with E-state index in [1.54, 1.807) is 0 Å². The van der Waals surface area contributed by atoms with E-state index in [0.29, 0.717) is 10.9 Å². The number of nitriles is 1. The molecule has 4 heteroatoms. The highest BCUT2D eigenvalue weighted by molar-refractivity contribution is 9.10. The summed E-state index contributed by atoms with van der Waals surface area (Å²) in [6.45, 7) is 2.15. The van der Waals surface area contributed by atoms with Crippen molar-refractivity contribution in [2.24, 2.45) is 5.92 Å². The zero-order valence-electron chi connectivity index (χ0n) is 10.3. The summed E-state index contributed by atoms with van der Waals surface area (Å²) < 4.78 is 0.853. The van der Waals surface area contributed by atoms with Crippen LogP contribution in [0.3, 0.4) is 0 Å². The Morgan fingerprint density at radius 2 is 2.28 bits per heavy atom. The molecule has 0 radical (unpaired) electrons. The number of anilines is 1. The van der Waals surface area contributed by atoms with E-state index in [1.165, 1.54) is 6.42 Å². The van der Waals surface area contributed by atoms with E-state index < -0.39 is 5.54 Å². The quantitative estimate of drug-likeness (QED) is 0.831. The summed E-state index contributed by atoms with van der Waals surface area (Å²) in [5.41, 5.74) is 0.507. The number of benzene rings is 1. The summed E-state index contributed by atoms with van der Waals surface area (Å²) in [4.78, 5) is 0. The standard InChI is InChI=1S/C14H16BrClN2/c1-10-4-2-3-7-14(10,9-17)18-11-5-6-13(16)12(15)8-11/h5-6,8,10,18H,2-4,7H2,1H3. The second-order valence-corrected chi connectivity index (χ2v) is 6.25. The lowest BCUT2D eigenvalue weighted by molar-refractivity contribution is 0.286. The van der Waals surface area contributed by atoms with E-state index >= 15 is 0 Å². The Hall–Kier alpha value is -0.720. The van der Waals surface area contributed by atoms with Crippen molar-refractivity contribution >= 4 is 33.2 Å². The lowest BCUT2D eigenvalue weighted by Gasteiger charge is -2.38. The van der Waals surface area contributed by atoms with Crippen LogP contribution in [0, 0.1) is 17.2 Å². The first kappa shape index (κ1) is 13.7. The highest BCUT2D eigenvalue weighted by Crippen LogP contribution is 2.37. The fourth-order valence-corrected chi connectivity index (χ4v) is 3.05. The van der Waals surface area contributed by atoms with Crippen LogP contribution in [-0.4, -0.2) is 5.54 Å². The first-order valence-corrected chi connectivity index (χ1v) is 7.39. The topological polar surface area (TPSA) is 35.8 Å². The molecule has 0 spiro atoms. The van der Waals surface area contributed by atoms with Crippen LogP contribution in [0.5, 0.6) is 0 Å². The molecular weight excluding hydrogens is 312 g/mol. The normalized spacial score (nSPS) is 27.6. The fourth-order valence-electron chi connectivity index (χ4n) is 2.56. The van der Waals surface area contributed by atoms with Crippen LogP contribution in [0.25, 0.3) is 0 Å². The van der Waals surface area contributed by atoms with Gasteiger partial charge in [0, 0.05) is 10.2 Å². The average Bonchev–Trinajstić information content (AvgIpc) is 2.37. The third kappa shape index (κ3) is 2.65. The van der Waals surface area contributed by atoms with Crippen LogP contribution >= 0.6 is 27.5 Å². The number of hydrogen-bond donors (Lipinski definition) is 1. The Balaban J connectivity index is 2.24. The maximum atomic E-state index is 9.55. The third-order valence-corrected chi connectivity index (χ3v) is 5.00. The Bertz CT molecular complexity index is 483. The molecule has 1 aromatic carbocycles. The average molecular weight is 328 g/mol. The number of nitrogens with zero attached hydrogens (tertiary/aromatic N) is 1. The molecule has 1 fully saturated rings. The van der Waals surface area contributed by atoms with Gasteiger partial charge in [-0.3, -0.25) is 0 Å². The van der Waals surface area contributed by atoms with E-state index in [9.17, 15) is 5.26 Å². The van der Waals surface area contributed by atoms with E-state index in [0.717, 1.165) is 29.4 Å². The fraction of sp³-hybridized carbons (Fsp3) is 0.500. The molecule has 1 aliphatic rings. The highest BCUT2D eigenvalue weighted by atomic mass is 79.9. The molecule has 2 rings (SSSR count). The molecule has 0 saturated heterocycles. The first-order valence-electron chi connectivity index (χ1n) is 6.22. The number of halogens is 2. The Morgan fingerprint density at radius 1 is 1.50 bits per heavy atom. The van der Waals surface area contributed by atoms with Crippen molar-refractivity contribution in [1.29, 1.82) is 5.26 Å². The van der Waals surface area contributed by atoms with Gasteiger partial charge < -0.3 is 5.32 Å². The van der Waals surface area contributed by atoms with Crippen LogP contribution in [0.4, 0.5) is 5.69 Å². The molecule has 0 bridgehead atoms. The van der Waals surface area contributed by atoms with Gasteiger partial charge in [0.05, 0.1) is 11.1 Å². The second kappa shape index (κ2) is 5.50. The van der Waals surface area contributed by atoms with Gasteiger partial charge in [0.25, 0.3) is 0 Å². The van der Waals surface area contributed by atoms with Crippen molar-refractivity contribution in [2.45, 2.75) is 38.1 Å². The van der Waals surface area contributed by atoms with Crippen molar-refractivity contribution in [3.63, 3.8) is 0 Å². The van der Waals surface area contributed by atoms with E-state index in [-0.39, 0.29) is 0 Å². The predicted octanol–water partition coefficient (Wildman–Crippen LogP) is 4.99. The summed E-state index contributed by atoms with van der Waals surface area (Å²) in [6, 6.07) is 8.19. The monoisotopic (exact) mass is 326 g/mol. The van der Waals surface area contributed by atoms with Crippen molar-refractivity contribution in [2.75, 3.05) is 5.32 Å². The smallest absolute Gasteiger partial charge is 0.127 e. The number of nitrogens with one attached hydrogen (secondary N) is 1. The van der Waals surface area contributed by atoms with Crippen molar-refractivity contribution in [1.82, 2.24) is 0 Å². The highest BCUT2D eigenvalue weighted by Gasteiger charge is 2.38. The molecule has 0 heterocycles. The van der Waals surface area contributed by atoms with Crippen LogP contribution < -0.4 is 5.32 Å². The maximum Gasteiger partial charge on any atom is 0.127 e. The minimum Gasteiger partial charge on any atom is -0.367 e. The summed E-state index contributed by atoms with van der Waals surface area (Å²) in [6.07, 6.45) is 4.34. The molecule has 1 saturated carbocycles. The van der Waals surface area contributed by atoms with Crippen LogP contribution in [-0.2, 0) is 0 Å². The minimum atomic E-state index is -0.439. The number of rotatable bonds is 2. The third-order valence-electron chi connectivity index (χ3n) is 3.79. The van der Waals surface area contributed by atoms with Gasteiger partial charge in [-0.05, 0) is 52.9 Å². The molecule has 1 aliphatic carbocycles. The van der Waals surface area contributed by atoms with Crippen molar-refractivity contribution < 1.29 is 0 Å². The van der Waals surface area contributed by atoms with Gasteiger partial charge in [-0.15, -0.1) is 0 Å². The van der Waals surface area contributed by atoms with E-state index in [2.05, 4.69) is 34.2 Å². The molecule has 0 amide bonds. The van der Waals surface area contributed by atoms with Crippen LogP contribution in [0.2, 0.25) is 5.02 Å². The molecule has 18 heavy (non-hydrogen) atoms. The molecule has 0 aliphatic heterocycles.